The third-order valence-corrected chi connectivity index (χ3v) is 4.11. The van der Waals surface area contributed by atoms with E-state index in [2.05, 4.69) is 19.9 Å². The number of hydrogen-bond donors (Lipinski definition) is 1. The standard InChI is InChI=1S/C18H21NO2/c1-13(2)12-19-17(20)15-10-6-7-11-16(15)18(19,21)14-8-4-3-5-9-14/h4,6-11,13,21H,3,5,12H2,1-2H3. The van der Waals surface area contributed by atoms with Crippen LogP contribution >= 0.6 is 0 Å². The quantitative estimate of drug-likeness (QED) is 0.925. The van der Waals surface area contributed by atoms with Crippen LogP contribution in [-0.2, 0) is 5.72 Å². The number of aliphatic hydroxyl groups is 1. The van der Waals surface area contributed by atoms with Crippen molar-refractivity contribution in [1.82, 2.24) is 4.90 Å². The van der Waals surface area contributed by atoms with Crippen LogP contribution in [0.1, 0.15) is 42.6 Å². The van der Waals surface area contributed by atoms with E-state index in [1.165, 1.54) is 0 Å². The van der Waals surface area contributed by atoms with E-state index in [0.29, 0.717) is 23.6 Å². The Hall–Kier alpha value is -1.87. The smallest absolute Gasteiger partial charge is 0.257 e. The lowest BCUT2D eigenvalue weighted by molar-refractivity contribution is -0.0553. The minimum absolute atomic E-state index is 0.0818. The van der Waals surface area contributed by atoms with Crippen LogP contribution in [0.25, 0.3) is 0 Å². The van der Waals surface area contributed by atoms with E-state index >= 15 is 0 Å². The van der Waals surface area contributed by atoms with Crippen LogP contribution in [-0.4, -0.2) is 22.5 Å². The van der Waals surface area contributed by atoms with Crippen LogP contribution in [0.2, 0.25) is 0 Å². The summed E-state index contributed by atoms with van der Waals surface area (Å²) >= 11 is 0. The van der Waals surface area contributed by atoms with Crippen molar-refractivity contribution >= 4 is 5.91 Å². The average Bonchev–Trinajstić information content (AvgIpc) is 2.71. The summed E-state index contributed by atoms with van der Waals surface area (Å²) in [5, 5.41) is 11.4. The molecule has 1 aliphatic carbocycles. The lowest BCUT2D eigenvalue weighted by atomic mass is 9.90. The number of fused-ring (bicyclic) bond motifs is 1. The summed E-state index contributed by atoms with van der Waals surface area (Å²) in [4.78, 5) is 14.3. The first-order chi connectivity index (χ1) is 10.0. The fraction of sp³-hybridized carbons (Fsp3) is 0.389. The van der Waals surface area contributed by atoms with Gasteiger partial charge in [0.1, 0.15) is 0 Å². The highest BCUT2D eigenvalue weighted by Crippen LogP contribution is 2.44. The Morgan fingerprint density at radius 1 is 1.29 bits per heavy atom. The fourth-order valence-electron chi connectivity index (χ4n) is 3.17. The monoisotopic (exact) mass is 283 g/mol. The minimum atomic E-state index is -1.32. The van der Waals surface area contributed by atoms with Gasteiger partial charge < -0.3 is 10.0 Å². The van der Waals surface area contributed by atoms with Crippen molar-refractivity contribution in [2.75, 3.05) is 6.54 Å². The van der Waals surface area contributed by atoms with E-state index in [-0.39, 0.29) is 5.91 Å². The number of allylic oxidation sites excluding steroid dienone is 2. The molecule has 1 amide bonds. The van der Waals surface area contributed by atoms with E-state index in [4.69, 9.17) is 0 Å². The molecule has 1 unspecified atom stereocenters. The molecule has 2 aliphatic rings. The molecular formula is C18H21NO2. The summed E-state index contributed by atoms with van der Waals surface area (Å²) < 4.78 is 0. The largest absolute Gasteiger partial charge is 0.363 e. The Morgan fingerprint density at radius 2 is 2.05 bits per heavy atom. The molecule has 1 aliphatic heterocycles. The molecule has 3 nitrogen and oxygen atoms in total. The first-order valence-electron chi connectivity index (χ1n) is 7.56. The molecule has 0 radical (unpaired) electrons. The van der Waals surface area contributed by atoms with Gasteiger partial charge in [-0.3, -0.25) is 4.79 Å². The van der Waals surface area contributed by atoms with E-state index < -0.39 is 5.72 Å². The maximum atomic E-state index is 12.7. The van der Waals surface area contributed by atoms with Gasteiger partial charge in [-0.1, -0.05) is 50.3 Å². The van der Waals surface area contributed by atoms with Crippen molar-refractivity contribution in [3.05, 3.63) is 59.2 Å². The van der Waals surface area contributed by atoms with Gasteiger partial charge in [-0.25, -0.2) is 0 Å². The summed E-state index contributed by atoms with van der Waals surface area (Å²) in [6.07, 6.45) is 7.94. The molecule has 0 spiro atoms. The van der Waals surface area contributed by atoms with E-state index in [1.807, 2.05) is 30.4 Å². The second-order valence-electron chi connectivity index (χ2n) is 6.17. The van der Waals surface area contributed by atoms with Crippen LogP contribution in [0.15, 0.2) is 48.1 Å². The predicted molar refractivity (Wildman–Crippen MR) is 82.7 cm³/mol. The number of nitrogens with zero attached hydrogens (tertiary/aromatic N) is 1. The molecule has 1 aromatic carbocycles. The van der Waals surface area contributed by atoms with Crippen molar-refractivity contribution in [3.8, 4) is 0 Å². The van der Waals surface area contributed by atoms with Crippen molar-refractivity contribution in [2.45, 2.75) is 32.4 Å². The maximum Gasteiger partial charge on any atom is 0.257 e. The highest BCUT2D eigenvalue weighted by Gasteiger charge is 2.50. The molecular weight excluding hydrogens is 262 g/mol. The van der Waals surface area contributed by atoms with Crippen molar-refractivity contribution < 1.29 is 9.90 Å². The van der Waals surface area contributed by atoms with E-state index in [9.17, 15) is 9.90 Å². The van der Waals surface area contributed by atoms with E-state index in [0.717, 1.165) is 18.4 Å². The summed E-state index contributed by atoms with van der Waals surface area (Å²) in [6.45, 7) is 4.65. The van der Waals surface area contributed by atoms with Crippen molar-refractivity contribution in [3.63, 3.8) is 0 Å². The average molecular weight is 283 g/mol. The van der Waals surface area contributed by atoms with Crippen LogP contribution < -0.4 is 0 Å². The van der Waals surface area contributed by atoms with Crippen LogP contribution in [0.5, 0.6) is 0 Å². The topological polar surface area (TPSA) is 40.5 Å². The molecule has 0 saturated carbocycles. The Labute approximate surface area is 125 Å². The fourth-order valence-corrected chi connectivity index (χ4v) is 3.17. The number of benzene rings is 1. The number of carbonyl (C=O) groups excluding carboxylic acids is 1. The Balaban J connectivity index is 2.15. The van der Waals surface area contributed by atoms with Gasteiger partial charge in [-0.2, -0.15) is 0 Å². The maximum absolute atomic E-state index is 12.7. The van der Waals surface area contributed by atoms with Gasteiger partial charge in [-0.05, 0) is 24.8 Å². The zero-order chi connectivity index (χ0) is 15.0. The molecule has 1 N–H and O–H groups in total. The van der Waals surface area contributed by atoms with Crippen LogP contribution in [0.4, 0.5) is 0 Å². The summed E-state index contributed by atoms with van der Waals surface area (Å²) in [5.41, 5.74) is 0.802. The van der Waals surface area contributed by atoms with Gasteiger partial charge in [0.25, 0.3) is 5.91 Å². The van der Waals surface area contributed by atoms with Crippen molar-refractivity contribution in [1.29, 1.82) is 0 Å². The minimum Gasteiger partial charge on any atom is -0.363 e. The lowest BCUT2D eigenvalue weighted by Crippen LogP contribution is -2.46. The summed E-state index contributed by atoms with van der Waals surface area (Å²) in [5.74, 6) is 0.213. The van der Waals surface area contributed by atoms with Gasteiger partial charge in [0, 0.05) is 23.2 Å². The number of amides is 1. The molecule has 0 saturated heterocycles. The summed E-state index contributed by atoms with van der Waals surface area (Å²) in [6, 6.07) is 7.39. The number of carbonyl (C=O) groups is 1. The van der Waals surface area contributed by atoms with Gasteiger partial charge in [0.2, 0.25) is 0 Å². The SMILES string of the molecule is CC(C)CN1C(=O)c2ccccc2C1(O)C1=CCCC=C1. The Morgan fingerprint density at radius 3 is 2.71 bits per heavy atom. The Bertz CT molecular complexity index is 630. The van der Waals surface area contributed by atoms with Gasteiger partial charge in [0.05, 0.1) is 0 Å². The number of rotatable bonds is 3. The van der Waals surface area contributed by atoms with Crippen LogP contribution in [0.3, 0.4) is 0 Å². The highest BCUT2D eigenvalue weighted by atomic mass is 16.3. The zero-order valence-corrected chi connectivity index (χ0v) is 12.5. The zero-order valence-electron chi connectivity index (χ0n) is 12.5. The van der Waals surface area contributed by atoms with Crippen LogP contribution in [0, 0.1) is 5.92 Å². The normalized spacial score (nSPS) is 24.5. The van der Waals surface area contributed by atoms with Crippen molar-refractivity contribution in [2.24, 2.45) is 5.92 Å². The molecule has 110 valence electrons. The molecule has 0 bridgehead atoms. The summed E-state index contributed by atoms with van der Waals surface area (Å²) in [7, 11) is 0. The van der Waals surface area contributed by atoms with Gasteiger partial charge >= 0.3 is 0 Å². The lowest BCUT2D eigenvalue weighted by Gasteiger charge is -2.37. The molecule has 0 fully saturated rings. The molecule has 1 atom stereocenters. The molecule has 0 aromatic heterocycles. The van der Waals surface area contributed by atoms with Gasteiger partial charge in [0.15, 0.2) is 5.72 Å². The highest BCUT2D eigenvalue weighted by molar-refractivity contribution is 6.00. The first-order valence-corrected chi connectivity index (χ1v) is 7.56. The molecule has 3 heteroatoms. The Kier molecular flexibility index (Phi) is 3.46. The molecule has 3 rings (SSSR count). The number of hydrogen-bond acceptors (Lipinski definition) is 2. The van der Waals surface area contributed by atoms with Gasteiger partial charge in [-0.15, -0.1) is 0 Å². The molecule has 1 aromatic rings. The van der Waals surface area contributed by atoms with E-state index in [1.54, 1.807) is 11.0 Å². The molecule has 21 heavy (non-hydrogen) atoms. The third kappa shape index (κ3) is 2.12. The molecule has 1 heterocycles. The predicted octanol–water partition coefficient (Wildman–Crippen LogP) is 3.22. The third-order valence-electron chi connectivity index (χ3n) is 4.11. The first kappa shape index (κ1) is 14.1. The second kappa shape index (κ2) is 5.15. The second-order valence-corrected chi connectivity index (χ2v) is 6.17.